The average Bonchev–Trinajstić information content (AvgIpc) is 2.72. The van der Waals surface area contributed by atoms with Crippen molar-refractivity contribution in [2.24, 2.45) is 0 Å². The Hall–Kier alpha value is -0.541. The van der Waals surface area contributed by atoms with Crippen LogP contribution in [0.4, 0.5) is 0 Å². The van der Waals surface area contributed by atoms with Gasteiger partial charge in [0.15, 0.2) is 0 Å². The maximum absolute atomic E-state index is 12.9. The van der Waals surface area contributed by atoms with Gasteiger partial charge in [-0.3, -0.25) is 0 Å². The van der Waals surface area contributed by atoms with E-state index in [0.29, 0.717) is 9.79 Å². The molecule has 27 heavy (non-hydrogen) atoms. The van der Waals surface area contributed by atoms with Crippen LogP contribution >= 0.6 is 0 Å². The first-order valence-corrected chi connectivity index (χ1v) is 17.9. The maximum atomic E-state index is 12.9. The van der Waals surface area contributed by atoms with Gasteiger partial charge in [-0.1, -0.05) is 0 Å². The Labute approximate surface area is 173 Å². The summed E-state index contributed by atoms with van der Waals surface area (Å²) in [7, 11) is 0. The number of unbranched alkanes of at least 4 members (excludes halogenated alkanes) is 2. The van der Waals surface area contributed by atoms with Crippen LogP contribution < -0.4 is 0 Å². The van der Waals surface area contributed by atoms with Gasteiger partial charge in [-0.2, -0.15) is 0 Å². The molecule has 0 bridgehead atoms. The molecule has 0 aliphatic heterocycles. The summed E-state index contributed by atoms with van der Waals surface area (Å²) in [5.74, 6) is 0. The van der Waals surface area contributed by atoms with Crippen LogP contribution in [0.15, 0.2) is 70.5 Å². The van der Waals surface area contributed by atoms with E-state index in [0.717, 1.165) is 34.6 Å². The molecular formula is C20H28O4S2Sn. The van der Waals surface area contributed by atoms with Crippen LogP contribution in [0.3, 0.4) is 0 Å². The Balaban J connectivity index is 2.26. The summed E-state index contributed by atoms with van der Waals surface area (Å²) < 4.78 is 39.6. The van der Waals surface area contributed by atoms with Crippen LogP contribution in [0.1, 0.15) is 39.5 Å². The summed E-state index contributed by atoms with van der Waals surface area (Å²) in [6.07, 6.45) is 3.84. The minimum absolute atomic E-state index is 0.626. The summed E-state index contributed by atoms with van der Waals surface area (Å²) in [4.78, 5) is 1.25. The Bertz CT molecular complexity index is 662. The first-order chi connectivity index (χ1) is 13.1. The van der Waals surface area contributed by atoms with E-state index in [1.165, 1.54) is 0 Å². The fraction of sp³-hybridized carbons (Fsp3) is 0.400. The molecule has 0 fully saturated rings. The quantitative estimate of drug-likeness (QED) is 0.350. The van der Waals surface area contributed by atoms with E-state index in [4.69, 9.17) is 5.04 Å². The predicted octanol–water partition coefficient (Wildman–Crippen LogP) is 5.51. The minimum atomic E-state index is -3.84. The van der Waals surface area contributed by atoms with Gasteiger partial charge in [0.1, 0.15) is 0 Å². The Morgan fingerprint density at radius 3 is 1.41 bits per heavy atom. The number of rotatable bonds is 12. The molecule has 4 nitrogen and oxygen atoms in total. The number of hydrogen-bond donors (Lipinski definition) is 0. The van der Waals surface area contributed by atoms with Crippen LogP contribution in [0, 0.1) is 0 Å². The van der Waals surface area contributed by atoms with Crippen molar-refractivity contribution in [3.05, 3.63) is 60.7 Å². The first kappa shape index (κ1) is 22.7. The standard InChI is InChI=1S/2C6H6O2S.2C4H9.Sn/c2*7-9(8)6-4-2-1-3-5-6;2*1-3-4-2;/h2*1-5H,(H,7,8);2*1,3-4H2,2H3;/q;;;;+2/p-2. The molecule has 0 aliphatic rings. The average molecular weight is 515 g/mol. The fourth-order valence-electron chi connectivity index (χ4n) is 2.63. The fourth-order valence-corrected chi connectivity index (χ4v) is 20.3. The van der Waals surface area contributed by atoms with Crippen molar-refractivity contribution in [1.82, 2.24) is 0 Å². The van der Waals surface area contributed by atoms with Gasteiger partial charge in [0.05, 0.1) is 0 Å². The van der Waals surface area contributed by atoms with Crippen LogP contribution in [0.5, 0.6) is 0 Å². The summed E-state index contributed by atoms with van der Waals surface area (Å²) in [5, 5.41) is 0. The van der Waals surface area contributed by atoms with E-state index in [9.17, 15) is 8.42 Å². The van der Waals surface area contributed by atoms with Crippen LogP contribution in [-0.4, -0.2) is 27.6 Å². The van der Waals surface area contributed by atoms with Gasteiger partial charge in [0.2, 0.25) is 0 Å². The van der Waals surface area contributed by atoms with Crippen molar-refractivity contribution in [2.75, 3.05) is 0 Å². The molecule has 0 heterocycles. The molecular weight excluding hydrogens is 487 g/mol. The zero-order valence-corrected chi connectivity index (χ0v) is 20.5. The second kappa shape index (κ2) is 12.1. The molecule has 0 N–H and O–H groups in total. The topological polar surface area (TPSA) is 52.6 Å². The van der Waals surface area contributed by atoms with Gasteiger partial charge in [0.25, 0.3) is 0 Å². The Morgan fingerprint density at radius 2 is 1.07 bits per heavy atom. The van der Waals surface area contributed by atoms with E-state index in [2.05, 4.69) is 13.8 Å². The molecule has 0 saturated heterocycles. The molecule has 7 heteroatoms. The summed E-state index contributed by atoms with van der Waals surface area (Å²) >= 11 is -7.04. The van der Waals surface area contributed by atoms with Crippen LogP contribution in [-0.2, 0) is 27.2 Å². The molecule has 0 radical (unpaired) electrons. The number of benzene rings is 2. The van der Waals surface area contributed by atoms with Crippen molar-refractivity contribution in [3.8, 4) is 0 Å². The Morgan fingerprint density at radius 1 is 0.704 bits per heavy atom. The van der Waals surface area contributed by atoms with Gasteiger partial charge in [-0.05, 0) is 0 Å². The Kier molecular flexibility index (Phi) is 10.2. The number of hydrogen-bond acceptors (Lipinski definition) is 4. The molecule has 2 aromatic rings. The third-order valence-electron chi connectivity index (χ3n) is 4.15. The second-order valence-corrected chi connectivity index (χ2v) is 19.5. The molecule has 2 unspecified atom stereocenters. The van der Waals surface area contributed by atoms with Gasteiger partial charge in [-0.15, -0.1) is 0 Å². The van der Waals surface area contributed by atoms with Crippen molar-refractivity contribution in [2.45, 2.75) is 58.2 Å². The second-order valence-electron chi connectivity index (χ2n) is 6.38. The SMILES string of the molecule is CCC[CH2][Sn]([CH2]CCC)([O]S(=O)c1ccccc1)[O]S(=O)c1ccccc1. The normalized spacial score (nSPS) is 14.0. The summed E-state index contributed by atoms with van der Waals surface area (Å²) in [6, 6.07) is 18.3. The molecule has 0 aliphatic carbocycles. The molecule has 148 valence electrons. The predicted molar refractivity (Wildman–Crippen MR) is 113 cm³/mol. The van der Waals surface area contributed by atoms with E-state index in [-0.39, 0.29) is 0 Å². The zero-order chi connectivity index (χ0) is 19.5. The van der Waals surface area contributed by atoms with E-state index >= 15 is 0 Å². The zero-order valence-electron chi connectivity index (χ0n) is 16.0. The molecule has 0 aromatic heterocycles. The van der Waals surface area contributed by atoms with E-state index in [1.54, 1.807) is 24.3 Å². The third-order valence-corrected chi connectivity index (χ3v) is 20.5. The van der Waals surface area contributed by atoms with Gasteiger partial charge in [-0.25, -0.2) is 0 Å². The van der Waals surface area contributed by atoms with Gasteiger partial charge >= 0.3 is 174 Å². The summed E-state index contributed by atoms with van der Waals surface area (Å²) in [6.45, 7) is 4.22. The van der Waals surface area contributed by atoms with Crippen molar-refractivity contribution in [1.29, 1.82) is 0 Å². The van der Waals surface area contributed by atoms with Crippen LogP contribution in [0.25, 0.3) is 0 Å². The van der Waals surface area contributed by atoms with Crippen molar-refractivity contribution < 1.29 is 13.5 Å². The van der Waals surface area contributed by atoms with E-state index in [1.807, 2.05) is 36.4 Å². The summed E-state index contributed by atoms with van der Waals surface area (Å²) in [5.41, 5.74) is 0. The molecule has 0 saturated carbocycles. The molecule has 2 atom stereocenters. The molecule has 0 amide bonds. The molecule has 0 spiro atoms. The van der Waals surface area contributed by atoms with Gasteiger partial charge < -0.3 is 0 Å². The third kappa shape index (κ3) is 7.42. The monoisotopic (exact) mass is 516 g/mol. The molecule has 2 aromatic carbocycles. The van der Waals surface area contributed by atoms with Crippen molar-refractivity contribution in [3.63, 3.8) is 0 Å². The van der Waals surface area contributed by atoms with Gasteiger partial charge in [0, 0.05) is 0 Å². The van der Waals surface area contributed by atoms with Crippen LogP contribution in [0.2, 0.25) is 8.87 Å². The first-order valence-electron chi connectivity index (χ1n) is 9.43. The molecule has 2 rings (SSSR count). The van der Waals surface area contributed by atoms with E-state index < -0.39 is 41.4 Å². The van der Waals surface area contributed by atoms with Crippen molar-refractivity contribution >= 4 is 41.4 Å².